The van der Waals surface area contributed by atoms with Crippen LogP contribution in [0.5, 0.6) is 0 Å². The number of amides is 1. The van der Waals surface area contributed by atoms with E-state index < -0.39 is 0 Å². The number of aromatic amines is 1. The van der Waals surface area contributed by atoms with Crippen LogP contribution in [0.15, 0.2) is 60.9 Å². The van der Waals surface area contributed by atoms with E-state index in [1.807, 2.05) is 54.3 Å². The lowest BCUT2D eigenvalue weighted by Crippen LogP contribution is -2.25. The molecule has 2 aromatic carbocycles. The van der Waals surface area contributed by atoms with E-state index in [-0.39, 0.29) is 11.7 Å². The fraction of sp³-hybridized carbons (Fsp3) is 0.250. The van der Waals surface area contributed by atoms with Crippen molar-refractivity contribution < 1.29 is 9.18 Å². The van der Waals surface area contributed by atoms with Crippen molar-refractivity contribution >= 4 is 16.8 Å². The molecular formula is C24H25FN4O. The quantitative estimate of drug-likeness (QED) is 0.421. The highest BCUT2D eigenvalue weighted by atomic mass is 19.1. The number of fused-ring (bicyclic) bond motifs is 1. The predicted octanol–water partition coefficient (Wildman–Crippen LogP) is 4.62. The summed E-state index contributed by atoms with van der Waals surface area (Å²) in [5.74, 6) is -0.280. The van der Waals surface area contributed by atoms with E-state index in [0.29, 0.717) is 19.4 Å². The number of carbonyl (C=O) groups excluding carboxylic acids is 1. The van der Waals surface area contributed by atoms with Crippen molar-refractivity contribution in [3.8, 4) is 11.3 Å². The zero-order valence-corrected chi connectivity index (χ0v) is 17.0. The van der Waals surface area contributed by atoms with E-state index in [4.69, 9.17) is 0 Å². The summed E-state index contributed by atoms with van der Waals surface area (Å²) in [5, 5.41) is 8.05. The topological polar surface area (TPSA) is 62.7 Å². The number of hydrogen-bond acceptors (Lipinski definition) is 2. The molecule has 0 radical (unpaired) electrons. The molecule has 0 aliphatic heterocycles. The summed E-state index contributed by atoms with van der Waals surface area (Å²) in [6, 6.07) is 14.7. The van der Waals surface area contributed by atoms with Gasteiger partial charge in [0.05, 0.1) is 6.20 Å². The first kappa shape index (κ1) is 19.9. The third-order valence-corrected chi connectivity index (χ3v) is 5.18. The lowest BCUT2D eigenvalue weighted by Gasteiger charge is -2.07. The molecule has 2 aromatic heterocycles. The Morgan fingerprint density at radius 3 is 2.80 bits per heavy atom. The zero-order valence-electron chi connectivity index (χ0n) is 17.0. The van der Waals surface area contributed by atoms with Crippen LogP contribution in [0.25, 0.3) is 22.2 Å². The fourth-order valence-corrected chi connectivity index (χ4v) is 3.72. The molecule has 0 fully saturated rings. The monoisotopic (exact) mass is 404 g/mol. The number of halogens is 1. The largest absolute Gasteiger partial charge is 0.356 e. The second-order valence-corrected chi connectivity index (χ2v) is 7.52. The van der Waals surface area contributed by atoms with Gasteiger partial charge >= 0.3 is 0 Å². The van der Waals surface area contributed by atoms with Crippen molar-refractivity contribution in [3.63, 3.8) is 0 Å². The highest BCUT2D eigenvalue weighted by Gasteiger charge is 2.15. The van der Waals surface area contributed by atoms with E-state index in [1.165, 1.54) is 12.1 Å². The summed E-state index contributed by atoms with van der Waals surface area (Å²) >= 11 is 0. The number of nitrogens with zero attached hydrogens (tertiary/aromatic N) is 2. The lowest BCUT2D eigenvalue weighted by atomic mass is 10.0. The van der Waals surface area contributed by atoms with Crippen molar-refractivity contribution in [2.45, 2.75) is 32.7 Å². The molecule has 0 atom stereocenters. The molecular weight excluding hydrogens is 379 g/mol. The minimum Gasteiger partial charge on any atom is -0.356 e. The molecule has 0 unspecified atom stereocenters. The Labute approximate surface area is 174 Å². The van der Waals surface area contributed by atoms with Crippen molar-refractivity contribution in [2.24, 2.45) is 0 Å². The van der Waals surface area contributed by atoms with E-state index in [0.717, 1.165) is 46.3 Å². The van der Waals surface area contributed by atoms with Crippen LogP contribution in [0, 0.1) is 12.7 Å². The number of aromatic nitrogens is 3. The van der Waals surface area contributed by atoms with Gasteiger partial charge in [-0.1, -0.05) is 30.3 Å². The van der Waals surface area contributed by atoms with Gasteiger partial charge in [0.2, 0.25) is 5.91 Å². The Bertz CT molecular complexity index is 1150. The molecule has 2 heterocycles. The third-order valence-electron chi connectivity index (χ3n) is 5.18. The van der Waals surface area contributed by atoms with Gasteiger partial charge in [-0.3, -0.25) is 9.48 Å². The summed E-state index contributed by atoms with van der Waals surface area (Å²) in [7, 11) is 0. The molecule has 0 saturated heterocycles. The highest BCUT2D eigenvalue weighted by molar-refractivity contribution is 5.91. The van der Waals surface area contributed by atoms with Gasteiger partial charge in [0.25, 0.3) is 0 Å². The van der Waals surface area contributed by atoms with Gasteiger partial charge < -0.3 is 10.3 Å². The molecule has 5 nitrogen and oxygen atoms in total. The lowest BCUT2D eigenvalue weighted by molar-refractivity contribution is -0.121. The van der Waals surface area contributed by atoms with Crippen molar-refractivity contribution in [1.29, 1.82) is 0 Å². The van der Waals surface area contributed by atoms with Gasteiger partial charge in [0.1, 0.15) is 5.82 Å². The highest BCUT2D eigenvalue weighted by Crippen LogP contribution is 2.31. The molecule has 4 aromatic rings. The van der Waals surface area contributed by atoms with Crippen molar-refractivity contribution in [1.82, 2.24) is 20.1 Å². The molecule has 0 spiro atoms. The maximum absolute atomic E-state index is 13.9. The Morgan fingerprint density at radius 1 is 1.20 bits per heavy atom. The number of nitrogens with one attached hydrogen (secondary N) is 2. The number of hydrogen-bond donors (Lipinski definition) is 2. The molecule has 30 heavy (non-hydrogen) atoms. The number of carbonyl (C=O) groups is 1. The van der Waals surface area contributed by atoms with Crippen molar-refractivity contribution in [3.05, 3.63) is 77.9 Å². The SMILES string of the molecule is Cc1cnn(CCCNC(=O)CCc2c(-c3ccccc3)[nH]c3ccc(F)cc23)c1. The van der Waals surface area contributed by atoms with E-state index in [1.54, 1.807) is 6.07 Å². The number of aryl methyl sites for hydroxylation is 3. The van der Waals surface area contributed by atoms with E-state index >= 15 is 0 Å². The Hall–Kier alpha value is -3.41. The number of benzene rings is 2. The first-order chi connectivity index (χ1) is 14.6. The second-order valence-electron chi connectivity index (χ2n) is 7.52. The molecule has 6 heteroatoms. The van der Waals surface area contributed by atoms with Gasteiger partial charge in [-0.15, -0.1) is 0 Å². The fourth-order valence-electron chi connectivity index (χ4n) is 3.72. The summed E-state index contributed by atoms with van der Waals surface area (Å²) in [5.41, 5.74) is 4.94. The van der Waals surface area contributed by atoms with E-state index in [2.05, 4.69) is 15.4 Å². The van der Waals surface area contributed by atoms with Crippen molar-refractivity contribution in [2.75, 3.05) is 6.54 Å². The molecule has 0 aliphatic carbocycles. The molecule has 2 N–H and O–H groups in total. The van der Waals surface area contributed by atoms with Crippen LogP contribution in [0.2, 0.25) is 0 Å². The molecule has 154 valence electrons. The maximum Gasteiger partial charge on any atom is 0.220 e. The average molecular weight is 404 g/mol. The van der Waals surface area contributed by atoms with E-state index in [9.17, 15) is 9.18 Å². The van der Waals surface area contributed by atoms with Gasteiger partial charge in [-0.05, 0) is 54.7 Å². The molecule has 4 rings (SSSR count). The minimum atomic E-state index is -0.277. The Morgan fingerprint density at radius 2 is 2.03 bits per heavy atom. The molecule has 0 aliphatic rings. The molecule has 1 amide bonds. The standard InChI is InChI=1S/C24H25FN4O/c1-17-15-27-29(16-17)13-5-12-26-23(30)11-9-20-21-14-19(25)8-10-22(21)28-24(20)18-6-3-2-4-7-18/h2-4,6-8,10,14-16,28H,5,9,11-13H2,1H3,(H,26,30). The summed E-state index contributed by atoms with van der Waals surface area (Å²) in [6.07, 6.45) is 5.53. The normalized spacial score (nSPS) is 11.1. The van der Waals surface area contributed by atoms with Crippen LogP contribution >= 0.6 is 0 Å². The maximum atomic E-state index is 13.9. The van der Waals surface area contributed by atoms with Crippen LogP contribution in [0.1, 0.15) is 24.0 Å². The van der Waals surface area contributed by atoms with Crippen LogP contribution < -0.4 is 5.32 Å². The van der Waals surface area contributed by atoms with Crippen LogP contribution in [-0.4, -0.2) is 27.2 Å². The summed E-state index contributed by atoms with van der Waals surface area (Å²) < 4.78 is 15.8. The van der Waals surface area contributed by atoms with Crippen LogP contribution in [0.4, 0.5) is 4.39 Å². The zero-order chi connectivity index (χ0) is 20.9. The predicted molar refractivity (Wildman–Crippen MR) is 117 cm³/mol. The van der Waals surface area contributed by atoms with Gasteiger partial charge in [-0.25, -0.2) is 4.39 Å². The number of rotatable bonds is 8. The third kappa shape index (κ3) is 4.59. The summed E-state index contributed by atoms with van der Waals surface area (Å²) in [6.45, 7) is 3.38. The van der Waals surface area contributed by atoms with Crippen LogP contribution in [0.3, 0.4) is 0 Å². The minimum absolute atomic E-state index is 0.00332. The van der Waals surface area contributed by atoms with Gasteiger partial charge in [0.15, 0.2) is 0 Å². The second kappa shape index (κ2) is 8.95. The molecule has 0 bridgehead atoms. The van der Waals surface area contributed by atoms with Crippen LogP contribution in [-0.2, 0) is 17.8 Å². The smallest absolute Gasteiger partial charge is 0.220 e. The first-order valence-electron chi connectivity index (χ1n) is 10.2. The Kier molecular flexibility index (Phi) is 5.93. The Balaban J connectivity index is 1.41. The summed E-state index contributed by atoms with van der Waals surface area (Å²) in [4.78, 5) is 15.8. The first-order valence-corrected chi connectivity index (χ1v) is 10.2. The number of H-pyrrole nitrogens is 1. The average Bonchev–Trinajstić information content (AvgIpc) is 3.33. The van der Waals surface area contributed by atoms with Gasteiger partial charge in [0, 0.05) is 42.3 Å². The molecule has 0 saturated carbocycles. The van der Waals surface area contributed by atoms with Gasteiger partial charge in [-0.2, -0.15) is 5.10 Å².